The summed E-state index contributed by atoms with van der Waals surface area (Å²) in [6.45, 7) is 8.49. The molecule has 0 aliphatic heterocycles. The van der Waals surface area contributed by atoms with E-state index in [0.717, 1.165) is 101 Å². The van der Waals surface area contributed by atoms with Crippen LogP contribution in [0.2, 0.25) is 0 Å². The molecular weight excluding hydrogens is 959 g/mol. The largest absolute Gasteiger partial charge is 0.310 e. The van der Waals surface area contributed by atoms with Crippen LogP contribution < -0.4 is 9.80 Å². The summed E-state index contributed by atoms with van der Waals surface area (Å²) in [5, 5.41) is 2.34. The first-order chi connectivity index (χ1) is 38.8. The van der Waals surface area contributed by atoms with Gasteiger partial charge >= 0.3 is 0 Å². The minimum Gasteiger partial charge on any atom is -0.310 e. The van der Waals surface area contributed by atoms with E-state index in [1.54, 1.807) is 0 Å². The van der Waals surface area contributed by atoms with Crippen molar-refractivity contribution >= 4 is 55.9 Å². The lowest BCUT2D eigenvalue weighted by Gasteiger charge is -2.26. The first-order valence-electron chi connectivity index (χ1n) is 27.0. The van der Waals surface area contributed by atoms with Crippen LogP contribution in [0.15, 0.2) is 273 Å². The van der Waals surface area contributed by atoms with Crippen molar-refractivity contribution in [2.24, 2.45) is 0 Å². The van der Waals surface area contributed by atoms with Crippen molar-refractivity contribution in [1.29, 1.82) is 0 Å². The van der Waals surface area contributed by atoms with E-state index < -0.39 is 0 Å². The van der Waals surface area contributed by atoms with Gasteiger partial charge in [0.25, 0.3) is 0 Å². The van der Waals surface area contributed by atoms with E-state index in [9.17, 15) is 0 Å². The Bertz CT molecular complexity index is 4110. The van der Waals surface area contributed by atoms with Gasteiger partial charge in [0.1, 0.15) is 0 Å². The van der Waals surface area contributed by atoms with E-state index in [1.165, 1.54) is 33.0 Å². The first kappa shape index (κ1) is 48.5. The molecule has 2 heterocycles. The molecule has 0 N–H and O–H groups in total. The topological polar surface area (TPSA) is 37.2 Å². The Labute approximate surface area is 462 Å². The predicted molar refractivity (Wildman–Crippen MR) is 332 cm³/mol. The van der Waals surface area contributed by atoms with Gasteiger partial charge < -0.3 is 14.4 Å². The van der Waals surface area contributed by atoms with Crippen LogP contribution in [0.1, 0.15) is 22.3 Å². The van der Waals surface area contributed by atoms with Crippen LogP contribution in [0.5, 0.6) is 0 Å². The molecule has 5 nitrogen and oxygen atoms in total. The number of anilines is 6. The van der Waals surface area contributed by atoms with E-state index in [1.807, 2.05) is 0 Å². The highest BCUT2D eigenvalue weighted by Crippen LogP contribution is 2.43. The molecule has 0 amide bonds. The van der Waals surface area contributed by atoms with Crippen LogP contribution in [0.3, 0.4) is 0 Å². The van der Waals surface area contributed by atoms with Gasteiger partial charge in [0, 0.05) is 67.3 Å². The third kappa shape index (κ3) is 9.75. The van der Waals surface area contributed by atoms with Crippen molar-refractivity contribution in [2.75, 3.05) is 9.80 Å². The van der Waals surface area contributed by atoms with Crippen molar-refractivity contribution in [3.05, 3.63) is 295 Å². The van der Waals surface area contributed by atoms with E-state index in [4.69, 9.17) is 9.97 Å². The van der Waals surface area contributed by atoms with Crippen LogP contribution in [0.25, 0.3) is 83.6 Å². The number of hydrogen-bond acceptors (Lipinski definition) is 4. The number of benzene rings is 11. The molecule has 13 rings (SSSR count). The molecule has 0 saturated carbocycles. The zero-order chi connectivity index (χ0) is 53.4. The van der Waals surface area contributed by atoms with Gasteiger partial charge in [-0.05, 0) is 153 Å². The second-order valence-corrected chi connectivity index (χ2v) is 20.6. The summed E-state index contributed by atoms with van der Waals surface area (Å²) in [6, 6.07) is 98.5. The standard InChI is InChI=1S/C74H57N5/c1-50-15-23-58(24-16-50)70-49-71(76-74(75-70)60-25-17-51(2)18-26-60)59-33-31-56(32-34-59)54-27-29-55(30-28-54)57-35-41-65(42-36-57)79-72-45-43-66(77(61-11-7-5-8-12-61)62-13-9-6-10-14-62)47-68(72)69-48-67(44-46-73(69)79)78(63-37-19-52(3)20-38-63)64-39-21-53(4)22-40-64/h5-49H,1-4H3. The fraction of sp³-hybridized carbons (Fsp3) is 0.0541. The summed E-state index contributed by atoms with van der Waals surface area (Å²) >= 11 is 0. The van der Waals surface area contributed by atoms with E-state index in [2.05, 4.69) is 315 Å². The molecule has 11 aromatic carbocycles. The second kappa shape index (κ2) is 20.8. The normalized spacial score (nSPS) is 11.3. The summed E-state index contributed by atoms with van der Waals surface area (Å²) in [5.41, 5.74) is 24.4. The maximum atomic E-state index is 5.10. The number of hydrogen-bond donors (Lipinski definition) is 0. The molecule has 0 spiro atoms. The lowest BCUT2D eigenvalue weighted by molar-refractivity contribution is 1.18. The molecule has 2 aromatic heterocycles. The highest BCUT2D eigenvalue weighted by Gasteiger charge is 2.21. The summed E-state index contributed by atoms with van der Waals surface area (Å²) in [6.07, 6.45) is 0. The van der Waals surface area contributed by atoms with Crippen molar-refractivity contribution in [3.63, 3.8) is 0 Å². The van der Waals surface area contributed by atoms with Crippen LogP contribution in [0, 0.1) is 27.7 Å². The zero-order valence-corrected chi connectivity index (χ0v) is 44.7. The third-order valence-electron chi connectivity index (χ3n) is 15.1. The average Bonchev–Trinajstić information content (AvgIpc) is 4.02. The monoisotopic (exact) mass is 1020 g/mol. The van der Waals surface area contributed by atoms with Gasteiger partial charge in [-0.1, -0.05) is 192 Å². The summed E-state index contributed by atoms with van der Waals surface area (Å²) in [4.78, 5) is 14.8. The van der Waals surface area contributed by atoms with Gasteiger partial charge in [-0.2, -0.15) is 0 Å². The first-order valence-corrected chi connectivity index (χ1v) is 27.0. The molecule has 378 valence electrons. The Hall–Kier alpha value is -10.1. The highest BCUT2D eigenvalue weighted by atomic mass is 15.1. The van der Waals surface area contributed by atoms with Crippen LogP contribution >= 0.6 is 0 Å². The number of nitrogens with zero attached hydrogens (tertiary/aromatic N) is 5. The molecule has 0 fully saturated rings. The van der Waals surface area contributed by atoms with Crippen LogP contribution in [-0.2, 0) is 0 Å². The molecule has 0 aliphatic rings. The van der Waals surface area contributed by atoms with E-state index in [-0.39, 0.29) is 0 Å². The Morgan fingerprint density at radius 2 is 0.570 bits per heavy atom. The summed E-state index contributed by atoms with van der Waals surface area (Å²) < 4.78 is 2.42. The minimum absolute atomic E-state index is 0.716. The van der Waals surface area contributed by atoms with Crippen molar-refractivity contribution in [1.82, 2.24) is 14.5 Å². The molecule has 0 atom stereocenters. The number of fused-ring (bicyclic) bond motifs is 3. The summed E-state index contributed by atoms with van der Waals surface area (Å²) in [7, 11) is 0. The van der Waals surface area contributed by atoms with Gasteiger partial charge in [0.15, 0.2) is 5.82 Å². The number of rotatable bonds is 12. The minimum atomic E-state index is 0.716. The van der Waals surface area contributed by atoms with Gasteiger partial charge in [-0.25, -0.2) is 9.97 Å². The molecule has 13 aromatic rings. The molecule has 5 heteroatoms. The number of aromatic nitrogens is 3. The van der Waals surface area contributed by atoms with E-state index in [0.29, 0.717) is 5.82 Å². The summed E-state index contributed by atoms with van der Waals surface area (Å²) in [5.74, 6) is 0.716. The molecule has 0 bridgehead atoms. The van der Waals surface area contributed by atoms with Gasteiger partial charge in [-0.15, -0.1) is 0 Å². The molecule has 0 saturated heterocycles. The average molecular weight is 1020 g/mol. The maximum Gasteiger partial charge on any atom is 0.160 e. The van der Waals surface area contributed by atoms with E-state index >= 15 is 0 Å². The third-order valence-corrected chi connectivity index (χ3v) is 15.1. The van der Waals surface area contributed by atoms with Crippen molar-refractivity contribution in [2.45, 2.75) is 27.7 Å². The van der Waals surface area contributed by atoms with Gasteiger partial charge in [0.05, 0.1) is 22.4 Å². The second-order valence-electron chi connectivity index (χ2n) is 20.6. The Kier molecular flexibility index (Phi) is 12.8. The molecule has 0 unspecified atom stereocenters. The Balaban J connectivity index is 0.845. The Morgan fingerprint density at radius 1 is 0.266 bits per heavy atom. The van der Waals surface area contributed by atoms with Gasteiger partial charge in [-0.3, -0.25) is 0 Å². The lowest BCUT2D eigenvalue weighted by atomic mass is 9.98. The van der Waals surface area contributed by atoms with Crippen molar-refractivity contribution in [3.8, 4) is 61.8 Å². The van der Waals surface area contributed by atoms with Crippen molar-refractivity contribution < 1.29 is 0 Å². The highest BCUT2D eigenvalue weighted by molar-refractivity contribution is 6.12. The Morgan fingerprint density at radius 3 is 0.962 bits per heavy atom. The molecule has 79 heavy (non-hydrogen) atoms. The molecule has 0 radical (unpaired) electrons. The predicted octanol–water partition coefficient (Wildman–Crippen LogP) is 20.1. The fourth-order valence-corrected chi connectivity index (χ4v) is 10.8. The number of aryl methyl sites for hydroxylation is 4. The maximum absolute atomic E-state index is 5.10. The quantitative estimate of drug-likeness (QED) is 0.122. The fourth-order valence-electron chi connectivity index (χ4n) is 10.8. The molecular formula is C74H57N5. The van der Waals surface area contributed by atoms with Crippen LogP contribution in [-0.4, -0.2) is 14.5 Å². The zero-order valence-electron chi connectivity index (χ0n) is 44.7. The lowest BCUT2D eigenvalue weighted by Crippen LogP contribution is -2.10. The van der Waals surface area contributed by atoms with Gasteiger partial charge in [0.2, 0.25) is 0 Å². The SMILES string of the molecule is Cc1ccc(-c2cc(-c3ccc(-c4ccc(-c5ccc(-n6c7ccc(N(c8ccccc8)c8ccccc8)cc7c7cc(N(c8ccc(C)cc8)c8ccc(C)cc8)ccc76)cc5)cc4)cc3)nc(-c3ccc(C)cc3)n2)cc1. The number of para-hydroxylation sites is 2. The van der Waals surface area contributed by atoms with Crippen LogP contribution in [0.4, 0.5) is 34.1 Å². The smallest absolute Gasteiger partial charge is 0.160 e. The molecule has 0 aliphatic carbocycles.